The van der Waals surface area contributed by atoms with Crippen molar-refractivity contribution in [3.63, 3.8) is 0 Å². The summed E-state index contributed by atoms with van der Waals surface area (Å²) in [7, 11) is -6.96. The van der Waals surface area contributed by atoms with E-state index in [0.717, 1.165) is 101 Å². The van der Waals surface area contributed by atoms with Crippen LogP contribution in [0.1, 0.15) is 133 Å². The van der Waals surface area contributed by atoms with Gasteiger partial charge in [-0.15, -0.1) is 0 Å². The predicted octanol–water partition coefficient (Wildman–Crippen LogP) is 6.66. The van der Waals surface area contributed by atoms with Crippen LogP contribution in [0, 0.1) is 13.8 Å². The molecule has 2 aromatic carbocycles. The molecule has 0 bridgehead atoms. The lowest BCUT2D eigenvalue weighted by Crippen LogP contribution is -2.41. The van der Waals surface area contributed by atoms with Crippen molar-refractivity contribution in [2.75, 3.05) is 25.4 Å². The summed E-state index contributed by atoms with van der Waals surface area (Å²) in [5.74, 6) is -0.424. The van der Waals surface area contributed by atoms with Crippen molar-refractivity contribution in [2.45, 2.75) is 164 Å². The number of nitrogens with two attached hydrogens (primary N) is 1. The Morgan fingerprint density at radius 2 is 1.11 bits per heavy atom. The fraction of sp³-hybridized carbons (Fsp3) is 0.600. The van der Waals surface area contributed by atoms with Gasteiger partial charge >= 0.3 is 17.9 Å². The van der Waals surface area contributed by atoms with Gasteiger partial charge in [0.05, 0.1) is 9.79 Å². The number of anilines is 1. The van der Waals surface area contributed by atoms with E-state index in [1.54, 1.807) is 65.4 Å². The van der Waals surface area contributed by atoms with Crippen molar-refractivity contribution in [1.29, 1.82) is 0 Å². The molecule has 62 heavy (non-hydrogen) atoms. The predicted molar refractivity (Wildman–Crippen MR) is 234 cm³/mol. The van der Waals surface area contributed by atoms with Gasteiger partial charge in [-0.05, 0) is 63.8 Å². The molecular weight excluding hydrogens is 835 g/mol. The monoisotopic (exact) mass is 900 g/mol. The first kappa shape index (κ1) is 48.9. The molecule has 3 aromatic rings. The number of carbonyl (C=O) groups excluding carboxylic acids is 2. The summed E-state index contributed by atoms with van der Waals surface area (Å²) in [5.41, 5.74) is 7.89. The number of unbranched alkanes of at least 4 members (excludes halogenated alkanes) is 14. The average Bonchev–Trinajstić information content (AvgIpc) is 3.76. The lowest BCUT2D eigenvalue weighted by atomic mass is 10.1. The minimum Gasteiger partial charge on any atom is -0.463 e. The Morgan fingerprint density at radius 1 is 0.661 bits per heavy atom. The number of carbonyl (C=O) groups is 2. The van der Waals surface area contributed by atoms with Gasteiger partial charge in [0.25, 0.3) is 0 Å². The van der Waals surface area contributed by atoms with E-state index in [2.05, 4.69) is 14.4 Å². The Bertz CT molecular complexity index is 2090. The number of nitrogen functional groups attached to an aromatic ring is 1. The molecule has 0 spiro atoms. The fourth-order valence-electron chi connectivity index (χ4n) is 7.54. The van der Waals surface area contributed by atoms with Crippen LogP contribution in [0.5, 0.6) is 6.01 Å². The third kappa shape index (κ3) is 15.6. The number of sulfonamides is 2. The average molecular weight is 901 g/mol. The standard InChI is InChI=1S/C45H65N5O10S2/c1-34-21-25-36(26-22-34)61(53,54)47-30-17-13-9-5-3-7-11-15-19-40(51)57-33-38-42(43-44(58-38)50-32-29-39(46)49-45(50)60-43)59-41(52)20-16-12-8-4-6-10-14-18-31-48-62(55,56)37-27-23-35(2)24-28-37/h21-29,32,38,42-44,46-48H,3-20,30-31,33H2,1-2H3/p+1/t38-,42-,43-,44-/m1/s1. The molecule has 0 aliphatic carbocycles. The summed E-state index contributed by atoms with van der Waals surface area (Å²) in [6, 6.07) is 15.5. The molecule has 0 unspecified atom stereocenters. The highest BCUT2D eigenvalue weighted by Crippen LogP contribution is 2.36. The molecule has 5 rings (SSSR count). The maximum absolute atomic E-state index is 13.1. The summed E-state index contributed by atoms with van der Waals surface area (Å²) >= 11 is 0. The minimum absolute atomic E-state index is 0.0781. The largest absolute Gasteiger partial charge is 0.503 e. The van der Waals surface area contributed by atoms with Crippen LogP contribution < -0.4 is 24.5 Å². The van der Waals surface area contributed by atoms with E-state index in [-0.39, 0.29) is 53.0 Å². The van der Waals surface area contributed by atoms with Gasteiger partial charge in [-0.1, -0.05) is 112 Å². The van der Waals surface area contributed by atoms with Crippen LogP contribution in [0.4, 0.5) is 5.82 Å². The zero-order valence-electron chi connectivity index (χ0n) is 36.3. The third-order valence-electron chi connectivity index (χ3n) is 11.2. The molecule has 0 amide bonds. The minimum atomic E-state index is -3.48. The second-order valence-corrected chi connectivity index (χ2v) is 19.9. The highest BCUT2D eigenvalue weighted by Gasteiger charge is 2.58. The molecule has 0 radical (unpaired) electrons. The number of aromatic nitrogens is 2. The zero-order chi connectivity index (χ0) is 44.4. The van der Waals surface area contributed by atoms with Crippen LogP contribution in [-0.2, 0) is 43.8 Å². The van der Waals surface area contributed by atoms with Crippen LogP contribution in [0.2, 0.25) is 0 Å². The van der Waals surface area contributed by atoms with Gasteiger partial charge < -0.3 is 24.7 Å². The quantitative estimate of drug-likeness (QED) is 0.0380. The maximum atomic E-state index is 13.1. The van der Waals surface area contributed by atoms with Crippen LogP contribution in [0.3, 0.4) is 0 Å². The SMILES string of the molecule is Cc1ccc(S(=O)(=O)NCCCCCCCCCCC(=O)OC[C@H]2O[C@@H]3[C@H](Oc4nc(N)cc[n+]43)[C@@H]2OC(=O)CCCCCCCCCCNS(=O)(=O)c2ccc(C)cc2)cc1. The number of nitrogens with one attached hydrogen (secondary N) is 2. The molecule has 4 N–H and O–H groups in total. The summed E-state index contributed by atoms with van der Waals surface area (Å²) in [4.78, 5) is 30.6. The Balaban J connectivity index is 0.913. The summed E-state index contributed by atoms with van der Waals surface area (Å²) in [5, 5.41) is 0. The maximum Gasteiger partial charge on any atom is 0.503 e. The molecule has 1 aromatic heterocycles. The number of hydrogen-bond acceptors (Lipinski definition) is 12. The normalized spacial score (nSPS) is 18.2. The molecule has 2 aliphatic heterocycles. The Hall–Kier alpha value is -4.16. The first-order valence-electron chi connectivity index (χ1n) is 22.3. The van der Waals surface area contributed by atoms with Crippen molar-refractivity contribution < 1.29 is 49.9 Å². The van der Waals surface area contributed by atoms with E-state index in [4.69, 9.17) is 24.7 Å². The first-order chi connectivity index (χ1) is 29.8. The van der Waals surface area contributed by atoms with Gasteiger partial charge in [0.2, 0.25) is 38.2 Å². The second-order valence-electron chi connectivity index (χ2n) is 16.4. The van der Waals surface area contributed by atoms with Gasteiger partial charge in [0.1, 0.15) is 18.9 Å². The number of aryl methyl sites for hydroxylation is 2. The number of rotatable bonds is 29. The van der Waals surface area contributed by atoms with E-state index in [1.165, 1.54) is 0 Å². The number of esters is 2. The highest BCUT2D eigenvalue weighted by molar-refractivity contribution is 7.89. The van der Waals surface area contributed by atoms with Gasteiger partial charge in [0.15, 0.2) is 6.10 Å². The molecule has 1 fully saturated rings. The topological polar surface area (TPSA) is 206 Å². The summed E-state index contributed by atoms with van der Waals surface area (Å²) in [6.45, 7) is 4.59. The Morgan fingerprint density at radius 3 is 1.61 bits per heavy atom. The number of fused-ring (bicyclic) bond motifs is 3. The molecule has 15 nitrogen and oxygen atoms in total. The number of hydrogen-bond donors (Lipinski definition) is 3. The van der Waals surface area contributed by atoms with Crippen molar-refractivity contribution in [3.05, 3.63) is 71.9 Å². The molecule has 1 saturated heterocycles. The molecule has 342 valence electrons. The molecule has 3 heterocycles. The van der Waals surface area contributed by atoms with Gasteiger partial charge in [0, 0.05) is 37.0 Å². The lowest BCUT2D eigenvalue weighted by Gasteiger charge is -2.21. The van der Waals surface area contributed by atoms with E-state index in [1.807, 2.05) is 13.8 Å². The van der Waals surface area contributed by atoms with Crippen LogP contribution in [0.15, 0.2) is 70.6 Å². The van der Waals surface area contributed by atoms with Crippen molar-refractivity contribution >= 4 is 37.8 Å². The lowest BCUT2D eigenvalue weighted by molar-refractivity contribution is -0.746. The van der Waals surface area contributed by atoms with Gasteiger partial charge in [-0.2, -0.15) is 4.57 Å². The molecule has 2 aliphatic rings. The van der Waals surface area contributed by atoms with E-state index in [9.17, 15) is 26.4 Å². The summed E-state index contributed by atoms with van der Waals surface area (Å²) < 4.78 is 80.6. The van der Waals surface area contributed by atoms with E-state index >= 15 is 0 Å². The molecular formula is C45H66N5O10S2+. The van der Waals surface area contributed by atoms with Crippen LogP contribution in [0.25, 0.3) is 0 Å². The van der Waals surface area contributed by atoms with Crippen LogP contribution in [-0.4, -0.2) is 71.8 Å². The van der Waals surface area contributed by atoms with Crippen molar-refractivity contribution in [1.82, 2.24) is 14.4 Å². The van der Waals surface area contributed by atoms with Crippen molar-refractivity contribution in [2.24, 2.45) is 0 Å². The van der Waals surface area contributed by atoms with Gasteiger partial charge in [-0.3, -0.25) is 9.59 Å². The fourth-order valence-corrected chi connectivity index (χ4v) is 9.69. The zero-order valence-corrected chi connectivity index (χ0v) is 37.9. The van der Waals surface area contributed by atoms with E-state index in [0.29, 0.717) is 25.9 Å². The van der Waals surface area contributed by atoms with Gasteiger partial charge in [-0.25, -0.2) is 26.3 Å². The van der Waals surface area contributed by atoms with Crippen molar-refractivity contribution in [3.8, 4) is 6.01 Å². The molecule has 4 atom stereocenters. The molecule has 17 heteroatoms. The summed E-state index contributed by atoms with van der Waals surface area (Å²) in [6.07, 6.45) is 14.2. The third-order valence-corrected chi connectivity index (χ3v) is 14.1. The highest BCUT2D eigenvalue weighted by atomic mass is 32.2. The number of nitrogens with zero attached hydrogens (tertiary/aromatic N) is 2. The second kappa shape index (κ2) is 24.6. The number of benzene rings is 2. The Labute approximate surface area is 368 Å². The Kier molecular flexibility index (Phi) is 19.4. The molecule has 0 saturated carbocycles. The van der Waals surface area contributed by atoms with E-state index < -0.39 is 44.6 Å². The van der Waals surface area contributed by atoms with Crippen LogP contribution >= 0.6 is 0 Å². The number of ether oxygens (including phenoxy) is 4. The smallest absolute Gasteiger partial charge is 0.463 e. The first-order valence-corrected chi connectivity index (χ1v) is 25.3.